The van der Waals surface area contributed by atoms with Gasteiger partial charge >= 0.3 is 5.97 Å². The monoisotopic (exact) mass is 340 g/mol. The van der Waals surface area contributed by atoms with Crippen molar-refractivity contribution in [3.05, 3.63) is 53.7 Å². The Morgan fingerprint density at radius 2 is 1.72 bits per heavy atom. The first-order valence-corrected chi connectivity index (χ1v) is 8.61. The Kier molecular flexibility index (Phi) is 7.14. The quantitative estimate of drug-likeness (QED) is 0.680. The SMILES string of the molecule is Cc1nc(-c2ccccc2)ccc1C(=O)NCCCCCCC(=O)O. The first kappa shape index (κ1) is 18.6. The van der Waals surface area contributed by atoms with Gasteiger partial charge in [-0.15, -0.1) is 0 Å². The lowest BCUT2D eigenvalue weighted by Gasteiger charge is -2.09. The number of aryl methyl sites for hydroxylation is 1. The van der Waals surface area contributed by atoms with Gasteiger partial charge in [0.15, 0.2) is 0 Å². The number of amides is 1. The van der Waals surface area contributed by atoms with E-state index >= 15 is 0 Å². The van der Waals surface area contributed by atoms with Gasteiger partial charge in [-0.25, -0.2) is 0 Å². The van der Waals surface area contributed by atoms with Crippen LogP contribution in [0, 0.1) is 6.92 Å². The number of aromatic nitrogens is 1. The topological polar surface area (TPSA) is 79.3 Å². The fourth-order valence-electron chi connectivity index (χ4n) is 2.62. The van der Waals surface area contributed by atoms with Crippen LogP contribution in [0.3, 0.4) is 0 Å². The number of carboxylic acid groups (broad SMARTS) is 1. The van der Waals surface area contributed by atoms with E-state index in [-0.39, 0.29) is 12.3 Å². The van der Waals surface area contributed by atoms with Gasteiger partial charge < -0.3 is 10.4 Å². The summed E-state index contributed by atoms with van der Waals surface area (Å²) in [6.45, 7) is 2.43. The minimum atomic E-state index is -0.754. The van der Waals surface area contributed by atoms with E-state index in [1.54, 1.807) is 0 Å². The smallest absolute Gasteiger partial charge is 0.303 e. The lowest BCUT2D eigenvalue weighted by Crippen LogP contribution is -2.25. The van der Waals surface area contributed by atoms with Crippen molar-refractivity contribution in [3.8, 4) is 11.3 Å². The van der Waals surface area contributed by atoms with E-state index in [1.165, 1.54) is 0 Å². The van der Waals surface area contributed by atoms with E-state index < -0.39 is 5.97 Å². The molecule has 1 heterocycles. The average molecular weight is 340 g/mol. The van der Waals surface area contributed by atoms with Crippen LogP contribution in [-0.2, 0) is 4.79 Å². The van der Waals surface area contributed by atoms with Crippen molar-refractivity contribution in [2.45, 2.75) is 39.0 Å². The van der Waals surface area contributed by atoms with Crippen LogP contribution in [-0.4, -0.2) is 28.5 Å². The van der Waals surface area contributed by atoms with Crippen LogP contribution < -0.4 is 5.32 Å². The van der Waals surface area contributed by atoms with Gasteiger partial charge in [-0.2, -0.15) is 0 Å². The molecule has 0 atom stereocenters. The summed E-state index contributed by atoms with van der Waals surface area (Å²) in [5.74, 6) is -0.870. The van der Waals surface area contributed by atoms with Gasteiger partial charge in [0.2, 0.25) is 0 Å². The molecule has 0 saturated carbocycles. The Morgan fingerprint density at radius 1 is 1.00 bits per heavy atom. The predicted octanol–water partition coefficient (Wildman–Crippen LogP) is 3.82. The molecule has 2 aromatic rings. The van der Waals surface area contributed by atoms with E-state index in [4.69, 9.17) is 5.11 Å². The van der Waals surface area contributed by atoms with Gasteiger partial charge in [0, 0.05) is 18.5 Å². The van der Waals surface area contributed by atoms with Crippen LogP contribution in [0.1, 0.15) is 48.2 Å². The number of aliphatic carboxylic acids is 1. The van der Waals surface area contributed by atoms with Gasteiger partial charge in [-0.05, 0) is 31.9 Å². The molecule has 2 rings (SSSR count). The number of benzene rings is 1. The van der Waals surface area contributed by atoms with Crippen LogP contribution >= 0.6 is 0 Å². The number of carbonyl (C=O) groups excluding carboxylic acids is 1. The van der Waals surface area contributed by atoms with Gasteiger partial charge in [0.05, 0.1) is 17.0 Å². The molecule has 5 nitrogen and oxygen atoms in total. The summed E-state index contributed by atoms with van der Waals surface area (Å²) in [7, 11) is 0. The number of nitrogens with one attached hydrogen (secondary N) is 1. The summed E-state index contributed by atoms with van der Waals surface area (Å²) in [5.41, 5.74) is 3.18. The molecule has 1 amide bonds. The molecule has 1 aromatic heterocycles. The number of unbranched alkanes of at least 4 members (excludes halogenated alkanes) is 3. The molecule has 132 valence electrons. The maximum atomic E-state index is 12.3. The van der Waals surface area contributed by atoms with Crippen LogP contribution in [0.5, 0.6) is 0 Å². The van der Waals surface area contributed by atoms with E-state index in [0.717, 1.165) is 30.5 Å². The average Bonchev–Trinajstić information content (AvgIpc) is 2.61. The second kappa shape index (κ2) is 9.57. The minimum Gasteiger partial charge on any atom is -0.481 e. The van der Waals surface area contributed by atoms with E-state index in [0.29, 0.717) is 24.2 Å². The number of rotatable bonds is 9. The Labute approximate surface area is 148 Å². The minimum absolute atomic E-state index is 0.116. The highest BCUT2D eigenvalue weighted by Gasteiger charge is 2.10. The second-order valence-corrected chi connectivity index (χ2v) is 6.01. The number of carboxylic acids is 1. The molecule has 2 N–H and O–H groups in total. The molecule has 0 aliphatic heterocycles. The summed E-state index contributed by atoms with van der Waals surface area (Å²) < 4.78 is 0. The van der Waals surface area contributed by atoms with E-state index in [1.807, 2.05) is 49.4 Å². The van der Waals surface area contributed by atoms with Crippen molar-refractivity contribution in [1.82, 2.24) is 10.3 Å². The third-order valence-corrected chi connectivity index (χ3v) is 4.00. The van der Waals surface area contributed by atoms with Crippen molar-refractivity contribution >= 4 is 11.9 Å². The molecule has 0 aliphatic rings. The third-order valence-electron chi connectivity index (χ3n) is 4.00. The van der Waals surface area contributed by atoms with Crippen LogP contribution in [0.2, 0.25) is 0 Å². The summed E-state index contributed by atoms with van der Waals surface area (Å²) in [5, 5.41) is 11.5. The maximum absolute atomic E-state index is 12.3. The van der Waals surface area contributed by atoms with Crippen LogP contribution in [0.25, 0.3) is 11.3 Å². The molecule has 0 spiro atoms. The van der Waals surface area contributed by atoms with Gasteiger partial charge in [-0.3, -0.25) is 14.6 Å². The molecule has 0 bridgehead atoms. The lowest BCUT2D eigenvalue weighted by molar-refractivity contribution is -0.137. The Balaban J connectivity index is 1.81. The highest BCUT2D eigenvalue weighted by molar-refractivity contribution is 5.95. The molecule has 0 aliphatic carbocycles. The van der Waals surface area contributed by atoms with Crippen molar-refractivity contribution < 1.29 is 14.7 Å². The van der Waals surface area contributed by atoms with Gasteiger partial charge in [-0.1, -0.05) is 43.2 Å². The number of nitrogens with zero attached hydrogens (tertiary/aromatic N) is 1. The maximum Gasteiger partial charge on any atom is 0.303 e. The van der Waals surface area contributed by atoms with Crippen LogP contribution in [0.4, 0.5) is 0 Å². The molecule has 1 aromatic carbocycles. The molecule has 0 fully saturated rings. The zero-order chi connectivity index (χ0) is 18.1. The van der Waals surface area contributed by atoms with Crippen LogP contribution in [0.15, 0.2) is 42.5 Å². The molecule has 25 heavy (non-hydrogen) atoms. The molecular weight excluding hydrogens is 316 g/mol. The molecule has 0 radical (unpaired) electrons. The first-order valence-electron chi connectivity index (χ1n) is 8.61. The number of hydrogen-bond acceptors (Lipinski definition) is 3. The Bertz CT molecular complexity index is 714. The molecule has 0 saturated heterocycles. The highest BCUT2D eigenvalue weighted by Crippen LogP contribution is 2.18. The van der Waals surface area contributed by atoms with Crippen molar-refractivity contribution in [1.29, 1.82) is 0 Å². The zero-order valence-corrected chi connectivity index (χ0v) is 14.5. The summed E-state index contributed by atoms with van der Waals surface area (Å²) in [6.07, 6.45) is 3.53. The normalized spacial score (nSPS) is 10.4. The highest BCUT2D eigenvalue weighted by atomic mass is 16.4. The fourth-order valence-corrected chi connectivity index (χ4v) is 2.62. The number of carbonyl (C=O) groups is 2. The summed E-state index contributed by atoms with van der Waals surface area (Å²) in [6, 6.07) is 13.5. The van der Waals surface area contributed by atoms with Crippen molar-refractivity contribution in [2.75, 3.05) is 6.54 Å². The standard InChI is InChI=1S/C20H24N2O3/c1-15-17(12-13-18(22-15)16-9-5-4-6-10-16)20(25)21-14-8-3-2-7-11-19(23)24/h4-6,9-10,12-13H,2-3,7-8,11,14H2,1H3,(H,21,25)(H,23,24). The molecule has 0 unspecified atom stereocenters. The van der Waals surface area contributed by atoms with Crippen molar-refractivity contribution in [2.24, 2.45) is 0 Å². The van der Waals surface area contributed by atoms with E-state index in [2.05, 4.69) is 10.3 Å². The summed E-state index contributed by atoms with van der Waals surface area (Å²) >= 11 is 0. The number of hydrogen-bond donors (Lipinski definition) is 2. The predicted molar refractivity (Wildman–Crippen MR) is 97.5 cm³/mol. The fraction of sp³-hybridized carbons (Fsp3) is 0.350. The Hall–Kier alpha value is -2.69. The van der Waals surface area contributed by atoms with E-state index in [9.17, 15) is 9.59 Å². The van der Waals surface area contributed by atoms with Gasteiger partial charge in [0.25, 0.3) is 5.91 Å². The van der Waals surface area contributed by atoms with Crippen molar-refractivity contribution in [3.63, 3.8) is 0 Å². The second-order valence-electron chi connectivity index (χ2n) is 6.01. The summed E-state index contributed by atoms with van der Waals surface area (Å²) in [4.78, 5) is 27.2. The third kappa shape index (κ3) is 6.03. The molecular formula is C20H24N2O3. The largest absolute Gasteiger partial charge is 0.481 e. The lowest BCUT2D eigenvalue weighted by atomic mass is 10.1. The zero-order valence-electron chi connectivity index (χ0n) is 14.5. The molecule has 5 heteroatoms. The Morgan fingerprint density at radius 3 is 2.40 bits per heavy atom. The first-order chi connectivity index (χ1) is 12.1. The van der Waals surface area contributed by atoms with Gasteiger partial charge in [0.1, 0.15) is 0 Å². The number of pyridine rings is 1.